The van der Waals surface area contributed by atoms with Gasteiger partial charge in [-0.2, -0.15) is 0 Å². The molecule has 1 aromatic heterocycles. The summed E-state index contributed by atoms with van der Waals surface area (Å²) in [6.45, 7) is 3.24. The molecule has 0 spiro atoms. The number of carbonyl (C=O) groups is 1. The van der Waals surface area contributed by atoms with E-state index in [1.54, 1.807) is 18.6 Å². The molecule has 0 bridgehead atoms. The van der Waals surface area contributed by atoms with Crippen molar-refractivity contribution < 1.29 is 4.79 Å². The summed E-state index contributed by atoms with van der Waals surface area (Å²) < 4.78 is 0. The summed E-state index contributed by atoms with van der Waals surface area (Å²) in [5.74, 6) is 0.265. The predicted octanol–water partition coefficient (Wildman–Crippen LogP) is 0.969. The van der Waals surface area contributed by atoms with Crippen LogP contribution < -0.4 is 5.32 Å². The molecule has 0 aliphatic carbocycles. The van der Waals surface area contributed by atoms with E-state index in [1.165, 1.54) is 6.42 Å². The molecule has 1 aromatic rings. The first-order valence-electron chi connectivity index (χ1n) is 6.59. The molecule has 1 aliphatic heterocycles. The second kappa shape index (κ2) is 7.06. The largest absolute Gasteiger partial charge is 0.343 e. The van der Waals surface area contributed by atoms with Gasteiger partial charge < -0.3 is 10.2 Å². The van der Waals surface area contributed by atoms with Crippen molar-refractivity contribution in [3.63, 3.8) is 0 Å². The van der Waals surface area contributed by atoms with Crippen molar-refractivity contribution in [2.45, 2.75) is 32.2 Å². The SMILES string of the molecule is O=C(CCNCc1cnccn1)N1CCCCC1. The highest BCUT2D eigenvalue weighted by Crippen LogP contribution is 2.09. The zero-order valence-corrected chi connectivity index (χ0v) is 10.6. The number of nitrogens with one attached hydrogen (secondary N) is 1. The van der Waals surface area contributed by atoms with Gasteiger partial charge in [0, 0.05) is 51.2 Å². The smallest absolute Gasteiger partial charge is 0.223 e. The Morgan fingerprint density at radius 3 is 2.83 bits per heavy atom. The molecule has 0 saturated carbocycles. The summed E-state index contributed by atoms with van der Waals surface area (Å²) in [7, 11) is 0. The van der Waals surface area contributed by atoms with Crippen LogP contribution in [0.25, 0.3) is 0 Å². The predicted molar refractivity (Wildman–Crippen MR) is 68.8 cm³/mol. The van der Waals surface area contributed by atoms with E-state index in [4.69, 9.17) is 0 Å². The Hall–Kier alpha value is -1.49. The molecular weight excluding hydrogens is 228 g/mol. The highest BCUT2D eigenvalue weighted by atomic mass is 16.2. The molecule has 2 rings (SSSR count). The van der Waals surface area contributed by atoms with Crippen molar-refractivity contribution >= 4 is 5.91 Å². The lowest BCUT2D eigenvalue weighted by Crippen LogP contribution is -2.37. The number of rotatable bonds is 5. The summed E-state index contributed by atoms with van der Waals surface area (Å²) in [5.41, 5.74) is 0.905. The first-order chi connectivity index (χ1) is 8.86. The number of nitrogens with zero attached hydrogens (tertiary/aromatic N) is 3. The van der Waals surface area contributed by atoms with Crippen LogP contribution in [0, 0.1) is 0 Å². The number of hydrogen-bond donors (Lipinski definition) is 1. The van der Waals surface area contributed by atoms with Gasteiger partial charge in [-0.15, -0.1) is 0 Å². The Morgan fingerprint density at radius 2 is 2.11 bits per heavy atom. The molecule has 98 valence electrons. The lowest BCUT2D eigenvalue weighted by molar-refractivity contribution is -0.131. The summed E-state index contributed by atoms with van der Waals surface area (Å²) in [6, 6.07) is 0. The van der Waals surface area contributed by atoms with Crippen LogP contribution in [0.15, 0.2) is 18.6 Å². The number of amides is 1. The van der Waals surface area contributed by atoms with Crippen LogP contribution in [0.2, 0.25) is 0 Å². The van der Waals surface area contributed by atoms with Crippen LogP contribution >= 0.6 is 0 Å². The normalized spacial score (nSPS) is 15.7. The first-order valence-corrected chi connectivity index (χ1v) is 6.59. The van der Waals surface area contributed by atoms with Gasteiger partial charge in [0.05, 0.1) is 5.69 Å². The summed E-state index contributed by atoms with van der Waals surface area (Å²) in [6.07, 6.45) is 9.20. The summed E-state index contributed by atoms with van der Waals surface area (Å²) in [5, 5.41) is 3.22. The molecule has 1 N–H and O–H groups in total. The topological polar surface area (TPSA) is 58.1 Å². The van der Waals surface area contributed by atoms with Gasteiger partial charge in [-0.05, 0) is 19.3 Å². The maximum absolute atomic E-state index is 11.9. The second-order valence-corrected chi connectivity index (χ2v) is 4.56. The Kier molecular flexibility index (Phi) is 5.08. The van der Waals surface area contributed by atoms with Crippen molar-refractivity contribution in [3.8, 4) is 0 Å². The van der Waals surface area contributed by atoms with Crippen LogP contribution in [-0.2, 0) is 11.3 Å². The molecule has 0 aromatic carbocycles. The minimum atomic E-state index is 0.265. The van der Waals surface area contributed by atoms with E-state index < -0.39 is 0 Å². The number of hydrogen-bond acceptors (Lipinski definition) is 4. The highest BCUT2D eigenvalue weighted by molar-refractivity contribution is 5.76. The summed E-state index contributed by atoms with van der Waals surface area (Å²) >= 11 is 0. The minimum Gasteiger partial charge on any atom is -0.343 e. The lowest BCUT2D eigenvalue weighted by Gasteiger charge is -2.26. The van der Waals surface area contributed by atoms with Crippen molar-refractivity contribution in [2.24, 2.45) is 0 Å². The average Bonchev–Trinajstić information content (AvgIpc) is 2.45. The van der Waals surface area contributed by atoms with E-state index in [0.717, 1.165) is 31.6 Å². The van der Waals surface area contributed by atoms with Gasteiger partial charge in [0.1, 0.15) is 0 Å². The van der Waals surface area contributed by atoms with E-state index in [2.05, 4.69) is 15.3 Å². The third kappa shape index (κ3) is 4.07. The molecule has 5 heteroatoms. The van der Waals surface area contributed by atoms with Gasteiger partial charge >= 0.3 is 0 Å². The quantitative estimate of drug-likeness (QED) is 0.789. The Labute approximate surface area is 108 Å². The molecule has 1 aliphatic rings. The molecule has 1 fully saturated rings. The second-order valence-electron chi connectivity index (χ2n) is 4.56. The lowest BCUT2D eigenvalue weighted by atomic mass is 10.1. The monoisotopic (exact) mass is 248 g/mol. The zero-order chi connectivity index (χ0) is 12.6. The molecule has 0 atom stereocenters. The van der Waals surface area contributed by atoms with Crippen molar-refractivity contribution in [3.05, 3.63) is 24.3 Å². The van der Waals surface area contributed by atoms with Gasteiger partial charge in [0.15, 0.2) is 0 Å². The van der Waals surface area contributed by atoms with Crippen molar-refractivity contribution in [2.75, 3.05) is 19.6 Å². The van der Waals surface area contributed by atoms with Crippen molar-refractivity contribution in [1.82, 2.24) is 20.2 Å². The Balaban J connectivity index is 1.61. The molecular formula is C13H20N4O. The molecule has 2 heterocycles. The fraction of sp³-hybridized carbons (Fsp3) is 0.615. The first kappa shape index (κ1) is 13.0. The van der Waals surface area contributed by atoms with Gasteiger partial charge in [0.25, 0.3) is 0 Å². The van der Waals surface area contributed by atoms with Crippen LogP contribution in [0.3, 0.4) is 0 Å². The van der Waals surface area contributed by atoms with Crippen LogP contribution in [-0.4, -0.2) is 40.4 Å². The number of carbonyl (C=O) groups excluding carboxylic acids is 1. The van der Waals surface area contributed by atoms with Gasteiger partial charge in [-0.3, -0.25) is 14.8 Å². The maximum Gasteiger partial charge on any atom is 0.223 e. The van der Waals surface area contributed by atoms with Gasteiger partial charge in [-0.25, -0.2) is 0 Å². The van der Waals surface area contributed by atoms with Gasteiger partial charge in [0.2, 0.25) is 5.91 Å². The number of likely N-dealkylation sites (tertiary alicyclic amines) is 1. The van der Waals surface area contributed by atoms with Crippen molar-refractivity contribution in [1.29, 1.82) is 0 Å². The van der Waals surface area contributed by atoms with E-state index in [1.807, 2.05) is 4.90 Å². The minimum absolute atomic E-state index is 0.265. The average molecular weight is 248 g/mol. The van der Waals surface area contributed by atoms with E-state index in [-0.39, 0.29) is 5.91 Å². The standard InChI is InChI=1S/C13H20N4O/c18-13(17-8-2-1-3-9-17)4-5-14-10-12-11-15-6-7-16-12/h6-7,11,14H,1-5,8-10H2. The molecule has 18 heavy (non-hydrogen) atoms. The number of piperidine rings is 1. The summed E-state index contributed by atoms with van der Waals surface area (Å²) in [4.78, 5) is 22.0. The van der Waals surface area contributed by atoms with Crippen LogP contribution in [0.1, 0.15) is 31.4 Å². The molecule has 1 amide bonds. The fourth-order valence-electron chi connectivity index (χ4n) is 2.13. The Morgan fingerprint density at radius 1 is 1.28 bits per heavy atom. The van der Waals surface area contributed by atoms with E-state index in [0.29, 0.717) is 19.5 Å². The zero-order valence-electron chi connectivity index (χ0n) is 10.6. The molecule has 0 radical (unpaired) electrons. The van der Waals surface area contributed by atoms with Crippen LogP contribution in [0.5, 0.6) is 0 Å². The molecule has 0 unspecified atom stereocenters. The Bertz CT molecular complexity index is 363. The third-order valence-electron chi connectivity index (χ3n) is 3.15. The third-order valence-corrected chi connectivity index (χ3v) is 3.15. The van der Waals surface area contributed by atoms with E-state index in [9.17, 15) is 4.79 Å². The highest BCUT2D eigenvalue weighted by Gasteiger charge is 2.15. The molecule has 1 saturated heterocycles. The van der Waals surface area contributed by atoms with Gasteiger partial charge in [-0.1, -0.05) is 0 Å². The number of aromatic nitrogens is 2. The fourth-order valence-corrected chi connectivity index (χ4v) is 2.13. The molecule has 5 nitrogen and oxygen atoms in total. The van der Waals surface area contributed by atoms with E-state index >= 15 is 0 Å². The van der Waals surface area contributed by atoms with Crippen LogP contribution in [0.4, 0.5) is 0 Å². The maximum atomic E-state index is 11.9.